The molecular formula is C17H28N2O. The van der Waals surface area contributed by atoms with Crippen LogP contribution < -0.4 is 5.32 Å². The molecule has 2 rings (SSSR count). The van der Waals surface area contributed by atoms with E-state index < -0.39 is 5.54 Å². The lowest BCUT2D eigenvalue weighted by Crippen LogP contribution is -2.54. The van der Waals surface area contributed by atoms with E-state index in [-0.39, 0.29) is 11.3 Å². The molecule has 0 aliphatic heterocycles. The van der Waals surface area contributed by atoms with E-state index >= 15 is 0 Å². The summed E-state index contributed by atoms with van der Waals surface area (Å²) in [6.45, 7) is 4.29. The Morgan fingerprint density at radius 3 is 2.30 bits per heavy atom. The molecule has 2 aliphatic carbocycles. The lowest BCUT2D eigenvalue weighted by atomic mass is 9.72. The number of carbonyl (C=O) groups is 1. The molecular weight excluding hydrogens is 248 g/mol. The molecule has 0 bridgehead atoms. The summed E-state index contributed by atoms with van der Waals surface area (Å²) in [5.41, 5.74) is -0.840. The molecule has 0 unspecified atom stereocenters. The van der Waals surface area contributed by atoms with Crippen molar-refractivity contribution >= 4 is 5.91 Å². The Balaban J connectivity index is 2.00. The molecule has 2 saturated carbocycles. The first kappa shape index (κ1) is 15.4. The van der Waals surface area contributed by atoms with Gasteiger partial charge in [-0.1, -0.05) is 39.5 Å². The van der Waals surface area contributed by atoms with Gasteiger partial charge in [0.25, 0.3) is 0 Å². The van der Waals surface area contributed by atoms with E-state index in [9.17, 15) is 10.1 Å². The predicted octanol–water partition coefficient (Wildman–Crippen LogP) is 3.94. The van der Waals surface area contributed by atoms with E-state index in [1.54, 1.807) is 0 Å². The number of nitrogens with zero attached hydrogens (tertiary/aromatic N) is 1. The SMILES string of the molecule is CCC1CCC(C#N)(NC(=O)C2(C)CCCCC2)CC1. The highest BCUT2D eigenvalue weighted by Crippen LogP contribution is 2.38. The number of amides is 1. The van der Waals surface area contributed by atoms with Crippen LogP contribution in [0.5, 0.6) is 0 Å². The van der Waals surface area contributed by atoms with Gasteiger partial charge >= 0.3 is 0 Å². The maximum Gasteiger partial charge on any atom is 0.227 e. The monoisotopic (exact) mass is 276 g/mol. The Morgan fingerprint density at radius 2 is 1.80 bits per heavy atom. The summed E-state index contributed by atoms with van der Waals surface area (Å²) >= 11 is 0. The number of rotatable bonds is 3. The molecule has 1 amide bonds. The van der Waals surface area contributed by atoms with E-state index in [1.807, 2.05) is 0 Å². The summed E-state index contributed by atoms with van der Waals surface area (Å²) in [5.74, 6) is 0.854. The van der Waals surface area contributed by atoms with Crippen molar-refractivity contribution in [3.63, 3.8) is 0 Å². The van der Waals surface area contributed by atoms with Crippen LogP contribution in [0.3, 0.4) is 0 Å². The second kappa shape index (κ2) is 6.16. The highest BCUT2D eigenvalue weighted by Gasteiger charge is 2.42. The summed E-state index contributed by atoms with van der Waals surface area (Å²) in [6, 6.07) is 2.42. The molecule has 0 saturated heterocycles. The van der Waals surface area contributed by atoms with Crippen molar-refractivity contribution in [1.82, 2.24) is 5.32 Å². The van der Waals surface area contributed by atoms with Gasteiger partial charge in [-0.3, -0.25) is 4.79 Å². The van der Waals surface area contributed by atoms with Crippen LogP contribution in [0.4, 0.5) is 0 Å². The average Bonchev–Trinajstić information content (AvgIpc) is 2.48. The van der Waals surface area contributed by atoms with E-state index in [2.05, 4.69) is 25.2 Å². The summed E-state index contributed by atoms with van der Waals surface area (Å²) in [5, 5.41) is 12.7. The Morgan fingerprint density at radius 1 is 1.20 bits per heavy atom. The molecule has 112 valence electrons. The minimum atomic E-state index is -0.594. The van der Waals surface area contributed by atoms with E-state index in [0.717, 1.165) is 57.3 Å². The fourth-order valence-electron chi connectivity index (χ4n) is 3.77. The average molecular weight is 276 g/mol. The molecule has 3 nitrogen and oxygen atoms in total. The van der Waals surface area contributed by atoms with Gasteiger partial charge in [0.15, 0.2) is 0 Å². The lowest BCUT2D eigenvalue weighted by Gasteiger charge is -2.39. The standard InChI is InChI=1S/C17H28N2O/c1-3-14-7-11-17(13-18,12-8-14)19-15(20)16(2)9-5-4-6-10-16/h14H,3-12H2,1-2H3,(H,19,20). The summed E-state index contributed by atoms with van der Waals surface area (Å²) < 4.78 is 0. The molecule has 3 heteroatoms. The van der Waals surface area contributed by atoms with Crippen molar-refractivity contribution in [1.29, 1.82) is 5.26 Å². The van der Waals surface area contributed by atoms with Crippen LogP contribution in [0.15, 0.2) is 0 Å². The second-order valence-electron chi connectivity index (χ2n) is 7.12. The topological polar surface area (TPSA) is 52.9 Å². The van der Waals surface area contributed by atoms with Crippen LogP contribution in [0.25, 0.3) is 0 Å². The zero-order chi connectivity index (χ0) is 14.6. The predicted molar refractivity (Wildman–Crippen MR) is 79.9 cm³/mol. The smallest absolute Gasteiger partial charge is 0.227 e. The van der Waals surface area contributed by atoms with Gasteiger partial charge in [0.2, 0.25) is 5.91 Å². The minimum Gasteiger partial charge on any atom is -0.337 e. The minimum absolute atomic E-state index is 0.119. The van der Waals surface area contributed by atoms with Crippen molar-refractivity contribution in [3.8, 4) is 6.07 Å². The Bertz CT molecular complexity index is 382. The normalized spacial score (nSPS) is 33.1. The Kier molecular flexibility index (Phi) is 4.73. The first-order valence-corrected chi connectivity index (χ1v) is 8.27. The molecule has 2 fully saturated rings. The number of hydrogen-bond acceptors (Lipinski definition) is 2. The van der Waals surface area contributed by atoms with Crippen molar-refractivity contribution in [3.05, 3.63) is 0 Å². The molecule has 0 aromatic carbocycles. The first-order valence-electron chi connectivity index (χ1n) is 8.27. The van der Waals surface area contributed by atoms with Gasteiger partial charge in [-0.2, -0.15) is 5.26 Å². The van der Waals surface area contributed by atoms with Gasteiger partial charge in [-0.05, 0) is 44.4 Å². The highest BCUT2D eigenvalue weighted by molar-refractivity contribution is 5.83. The van der Waals surface area contributed by atoms with Crippen molar-refractivity contribution < 1.29 is 4.79 Å². The fourth-order valence-corrected chi connectivity index (χ4v) is 3.77. The molecule has 0 atom stereocenters. The van der Waals surface area contributed by atoms with Crippen molar-refractivity contribution in [2.45, 2.75) is 83.6 Å². The molecule has 0 heterocycles. The van der Waals surface area contributed by atoms with Crippen LogP contribution >= 0.6 is 0 Å². The van der Waals surface area contributed by atoms with Crippen molar-refractivity contribution in [2.75, 3.05) is 0 Å². The van der Waals surface area contributed by atoms with Crippen LogP contribution in [-0.2, 0) is 4.79 Å². The van der Waals surface area contributed by atoms with Gasteiger partial charge in [-0.25, -0.2) is 0 Å². The highest BCUT2D eigenvalue weighted by atomic mass is 16.2. The lowest BCUT2D eigenvalue weighted by molar-refractivity contribution is -0.133. The number of nitrogens with one attached hydrogen (secondary N) is 1. The molecule has 0 aromatic heterocycles. The Hall–Kier alpha value is -1.04. The molecule has 2 aliphatic rings. The van der Waals surface area contributed by atoms with Gasteiger partial charge in [0.05, 0.1) is 6.07 Å². The molecule has 0 aromatic rings. The quantitative estimate of drug-likeness (QED) is 0.849. The molecule has 0 spiro atoms. The zero-order valence-corrected chi connectivity index (χ0v) is 13.0. The first-order chi connectivity index (χ1) is 9.53. The van der Waals surface area contributed by atoms with Gasteiger partial charge in [0.1, 0.15) is 5.54 Å². The van der Waals surface area contributed by atoms with E-state index in [1.165, 1.54) is 12.8 Å². The van der Waals surface area contributed by atoms with Crippen LogP contribution in [0.1, 0.15) is 78.1 Å². The van der Waals surface area contributed by atoms with Crippen LogP contribution in [0.2, 0.25) is 0 Å². The molecule has 1 N–H and O–H groups in total. The van der Waals surface area contributed by atoms with Gasteiger partial charge < -0.3 is 5.32 Å². The molecule has 20 heavy (non-hydrogen) atoms. The fraction of sp³-hybridized carbons (Fsp3) is 0.882. The third kappa shape index (κ3) is 3.16. The second-order valence-corrected chi connectivity index (χ2v) is 7.12. The molecule has 0 radical (unpaired) electrons. The van der Waals surface area contributed by atoms with Crippen molar-refractivity contribution in [2.24, 2.45) is 11.3 Å². The van der Waals surface area contributed by atoms with E-state index in [4.69, 9.17) is 0 Å². The Labute approximate surface area is 123 Å². The summed E-state index contributed by atoms with van der Waals surface area (Å²) in [6.07, 6.45) is 10.4. The third-order valence-corrected chi connectivity index (χ3v) is 5.61. The largest absolute Gasteiger partial charge is 0.337 e. The van der Waals surface area contributed by atoms with Gasteiger partial charge in [-0.15, -0.1) is 0 Å². The van der Waals surface area contributed by atoms with Crippen LogP contribution in [0, 0.1) is 22.7 Å². The number of hydrogen-bond donors (Lipinski definition) is 1. The van der Waals surface area contributed by atoms with Gasteiger partial charge in [0, 0.05) is 5.41 Å². The maximum atomic E-state index is 12.6. The number of carbonyl (C=O) groups excluding carboxylic acids is 1. The third-order valence-electron chi connectivity index (χ3n) is 5.61. The maximum absolute atomic E-state index is 12.6. The zero-order valence-electron chi connectivity index (χ0n) is 13.0. The number of nitriles is 1. The summed E-state index contributed by atoms with van der Waals surface area (Å²) in [7, 11) is 0. The summed E-state index contributed by atoms with van der Waals surface area (Å²) in [4.78, 5) is 12.6. The van der Waals surface area contributed by atoms with Crippen LogP contribution in [-0.4, -0.2) is 11.4 Å². The van der Waals surface area contributed by atoms with E-state index in [0.29, 0.717) is 0 Å².